The molecule has 0 radical (unpaired) electrons. The van der Waals surface area contributed by atoms with Crippen molar-refractivity contribution in [1.82, 2.24) is 0 Å². The molecule has 16 heavy (non-hydrogen) atoms. The molecule has 0 fully saturated rings. The van der Waals surface area contributed by atoms with Gasteiger partial charge in [-0.3, -0.25) is 4.79 Å². The Balaban J connectivity index is 2.16. The fraction of sp³-hybridized carbons (Fsp3) is 0.357. The van der Waals surface area contributed by atoms with Crippen LogP contribution in [0.15, 0.2) is 30.3 Å². The molecule has 2 rings (SSSR count). The van der Waals surface area contributed by atoms with E-state index in [9.17, 15) is 4.79 Å². The number of carboxylic acids is 1. The van der Waals surface area contributed by atoms with Gasteiger partial charge in [-0.1, -0.05) is 37.3 Å². The van der Waals surface area contributed by atoms with Crippen LogP contribution in [-0.2, 0) is 11.2 Å². The number of benzene rings is 1. The van der Waals surface area contributed by atoms with Gasteiger partial charge >= 0.3 is 5.97 Å². The Kier molecular flexibility index (Phi) is 3.09. The van der Waals surface area contributed by atoms with E-state index in [0.29, 0.717) is 12.8 Å². The molecule has 0 saturated carbocycles. The molecule has 1 atom stereocenters. The van der Waals surface area contributed by atoms with Crippen molar-refractivity contribution in [2.45, 2.75) is 26.2 Å². The third-order valence-corrected chi connectivity index (χ3v) is 3.24. The van der Waals surface area contributed by atoms with E-state index in [0.717, 1.165) is 6.42 Å². The lowest BCUT2D eigenvalue weighted by atomic mass is 9.94. The predicted molar refractivity (Wildman–Crippen MR) is 64.2 cm³/mol. The molecule has 0 heterocycles. The highest BCUT2D eigenvalue weighted by Crippen LogP contribution is 2.32. The largest absolute Gasteiger partial charge is 0.481 e. The van der Waals surface area contributed by atoms with Gasteiger partial charge in [-0.2, -0.15) is 0 Å². The van der Waals surface area contributed by atoms with E-state index >= 15 is 0 Å². The molecule has 0 aliphatic heterocycles. The molecule has 2 heteroatoms. The molecule has 1 aromatic rings. The first-order valence-corrected chi connectivity index (χ1v) is 5.72. The van der Waals surface area contributed by atoms with Crippen LogP contribution in [0.4, 0.5) is 0 Å². The molecular formula is C14H16O2. The van der Waals surface area contributed by atoms with Crippen molar-refractivity contribution in [3.8, 4) is 0 Å². The molecule has 0 saturated heterocycles. The van der Waals surface area contributed by atoms with Crippen LogP contribution in [0.5, 0.6) is 0 Å². The van der Waals surface area contributed by atoms with Gasteiger partial charge in [0.15, 0.2) is 0 Å². The van der Waals surface area contributed by atoms with Crippen LogP contribution in [0.3, 0.4) is 0 Å². The minimum Gasteiger partial charge on any atom is -0.481 e. The van der Waals surface area contributed by atoms with E-state index in [2.05, 4.69) is 18.2 Å². The summed E-state index contributed by atoms with van der Waals surface area (Å²) in [5, 5.41) is 9.05. The molecule has 0 bridgehead atoms. The molecule has 1 aliphatic carbocycles. The van der Waals surface area contributed by atoms with Crippen molar-refractivity contribution >= 4 is 11.5 Å². The van der Waals surface area contributed by atoms with Gasteiger partial charge in [-0.15, -0.1) is 0 Å². The van der Waals surface area contributed by atoms with Gasteiger partial charge in [-0.25, -0.2) is 0 Å². The zero-order chi connectivity index (χ0) is 11.5. The Morgan fingerprint density at radius 1 is 1.44 bits per heavy atom. The molecular weight excluding hydrogens is 200 g/mol. The number of rotatable bonds is 4. The molecule has 0 amide bonds. The fourth-order valence-electron chi connectivity index (χ4n) is 2.22. The summed E-state index contributed by atoms with van der Waals surface area (Å²) in [6, 6.07) is 8.24. The number of aliphatic carboxylic acids is 1. The van der Waals surface area contributed by atoms with E-state index in [1.165, 1.54) is 16.7 Å². The second-order valence-corrected chi connectivity index (χ2v) is 4.24. The first kappa shape index (κ1) is 10.9. The maximum atomic E-state index is 11.0. The van der Waals surface area contributed by atoms with Gasteiger partial charge in [0, 0.05) is 0 Å². The van der Waals surface area contributed by atoms with Crippen LogP contribution in [-0.4, -0.2) is 11.1 Å². The Labute approximate surface area is 95.6 Å². The van der Waals surface area contributed by atoms with Crippen LogP contribution >= 0.6 is 0 Å². The smallest absolute Gasteiger partial charge is 0.306 e. The summed E-state index contributed by atoms with van der Waals surface area (Å²) in [6.07, 6.45) is 4.45. The summed E-state index contributed by atoms with van der Waals surface area (Å²) in [4.78, 5) is 11.0. The number of hydrogen-bond acceptors (Lipinski definition) is 1. The Bertz CT molecular complexity index is 432. The van der Waals surface area contributed by atoms with E-state index in [1.807, 2.05) is 19.1 Å². The molecule has 84 valence electrons. The van der Waals surface area contributed by atoms with Gasteiger partial charge in [0.05, 0.1) is 5.92 Å². The van der Waals surface area contributed by atoms with Crippen molar-refractivity contribution in [1.29, 1.82) is 0 Å². The third kappa shape index (κ3) is 2.01. The lowest BCUT2D eigenvalue weighted by molar-refractivity contribution is -0.141. The van der Waals surface area contributed by atoms with E-state index in [4.69, 9.17) is 5.11 Å². The van der Waals surface area contributed by atoms with Crippen molar-refractivity contribution < 1.29 is 9.90 Å². The molecule has 0 spiro atoms. The molecule has 1 N–H and O–H groups in total. The van der Waals surface area contributed by atoms with E-state index in [-0.39, 0.29) is 5.92 Å². The first-order chi connectivity index (χ1) is 7.72. The molecule has 0 unspecified atom stereocenters. The average molecular weight is 216 g/mol. The molecule has 1 aliphatic rings. The van der Waals surface area contributed by atoms with Crippen molar-refractivity contribution in [2.75, 3.05) is 0 Å². The van der Waals surface area contributed by atoms with Crippen LogP contribution < -0.4 is 0 Å². The summed E-state index contributed by atoms with van der Waals surface area (Å²) in [5.41, 5.74) is 3.75. The number of carbonyl (C=O) groups is 1. The SMILES string of the molecule is CC[C@@H](CC1=CCc2ccccc21)C(=O)O. The predicted octanol–water partition coefficient (Wildman–Crippen LogP) is 3.13. The molecule has 1 aromatic carbocycles. The minimum absolute atomic E-state index is 0.252. The first-order valence-electron chi connectivity index (χ1n) is 5.72. The van der Waals surface area contributed by atoms with Crippen LogP contribution in [0, 0.1) is 5.92 Å². The van der Waals surface area contributed by atoms with Crippen molar-refractivity contribution in [3.05, 3.63) is 41.5 Å². The average Bonchev–Trinajstić information content (AvgIpc) is 2.69. The van der Waals surface area contributed by atoms with Crippen LogP contribution in [0.25, 0.3) is 5.57 Å². The van der Waals surface area contributed by atoms with Crippen LogP contribution in [0.2, 0.25) is 0 Å². The lowest BCUT2D eigenvalue weighted by Gasteiger charge is -2.11. The fourth-order valence-corrected chi connectivity index (χ4v) is 2.22. The number of allylic oxidation sites excluding steroid dienone is 2. The van der Waals surface area contributed by atoms with E-state index < -0.39 is 5.97 Å². The van der Waals surface area contributed by atoms with Gasteiger partial charge in [0.25, 0.3) is 0 Å². The van der Waals surface area contributed by atoms with Crippen molar-refractivity contribution in [3.63, 3.8) is 0 Å². The van der Waals surface area contributed by atoms with Gasteiger partial charge in [0.1, 0.15) is 0 Å². The Hall–Kier alpha value is -1.57. The second-order valence-electron chi connectivity index (χ2n) is 4.24. The zero-order valence-corrected chi connectivity index (χ0v) is 9.44. The summed E-state index contributed by atoms with van der Waals surface area (Å²) < 4.78 is 0. The number of fused-ring (bicyclic) bond motifs is 1. The quantitative estimate of drug-likeness (QED) is 0.839. The van der Waals surface area contributed by atoms with Gasteiger partial charge < -0.3 is 5.11 Å². The second kappa shape index (κ2) is 4.52. The standard InChI is InChI=1S/C14H16O2/c1-2-10(14(15)16)9-12-8-7-11-5-3-4-6-13(11)12/h3-6,8,10H,2,7,9H2,1H3,(H,15,16)/t10-/m0/s1. The topological polar surface area (TPSA) is 37.3 Å². The molecule has 0 aromatic heterocycles. The van der Waals surface area contributed by atoms with E-state index in [1.54, 1.807) is 0 Å². The lowest BCUT2D eigenvalue weighted by Crippen LogP contribution is -2.12. The maximum absolute atomic E-state index is 11.0. The highest BCUT2D eigenvalue weighted by atomic mass is 16.4. The van der Waals surface area contributed by atoms with Crippen LogP contribution in [0.1, 0.15) is 30.9 Å². The summed E-state index contributed by atoms with van der Waals surface area (Å²) in [5.74, 6) is -0.940. The third-order valence-electron chi connectivity index (χ3n) is 3.24. The van der Waals surface area contributed by atoms with Gasteiger partial charge in [0.2, 0.25) is 0 Å². The number of carboxylic acid groups (broad SMARTS) is 1. The highest BCUT2D eigenvalue weighted by molar-refractivity contribution is 5.78. The van der Waals surface area contributed by atoms with Gasteiger partial charge in [-0.05, 0) is 36.0 Å². The summed E-state index contributed by atoms with van der Waals surface area (Å²) in [6.45, 7) is 1.93. The normalized spacial score (nSPS) is 15.4. The Morgan fingerprint density at radius 3 is 2.88 bits per heavy atom. The number of hydrogen-bond donors (Lipinski definition) is 1. The molecule has 2 nitrogen and oxygen atoms in total. The summed E-state index contributed by atoms with van der Waals surface area (Å²) >= 11 is 0. The summed E-state index contributed by atoms with van der Waals surface area (Å²) in [7, 11) is 0. The minimum atomic E-state index is -0.687. The Morgan fingerprint density at radius 2 is 2.19 bits per heavy atom. The zero-order valence-electron chi connectivity index (χ0n) is 9.44. The highest BCUT2D eigenvalue weighted by Gasteiger charge is 2.21. The van der Waals surface area contributed by atoms with Crippen molar-refractivity contribution in [2.24, 2.45) is 5.92 Å². The monoisotopic (exact) mass is 216 g/mol. The maximum Gasteiger partial charge on any atom is 0.306 e.